The van der Waals surface area contributed by atoms with Crippen LogP contribution in [0.2, 0.25) is 0 Å². The van der Waals surface area contributed by atoms with Crippen molar-refractivity contribution in [2.45, 2.75) is 32.6 Å². The van der Waals surface area contributed by atoms with Crippen LogP contribution in [0.4, 0.5) is 0 Å². The van der Waals surface area contributed by atoms with Gasteiger partial charge in [-0.15, -0.1) is 0 Å². The third-order valence-electron chi connectivity index (χ3n) is 3.58. The van der Waals surface area contributed by atoms with Gasteiger partial charge in [0.1, 0.15) is 5.76 Å². The van der Waals surface area contributed by atoms with E-state index in [1.54, 1.807) is 12.1 Å². The first-order valence-corrected chi connectivity index (χ1v) is 7.00. The van der Waals surface area contributed by atoms with Crippen molar-refractivity contribution in [1.82, 2.24) is 0 Å². The van der Waals surface area contributed by atoms with Crippen molar-refractivity contribution in [3.63, 3.8) is 0 Å². The summed E-state index contributed by atoms with van der Waals surface area (Å²) in [6.07, 6.45) is 4.11. The highest BCUT2D eigenvalue weighted by atomic mass is 35.5. The Morgan fingerprint density at radius 1 is 1.37 bits per heavy atom. The molecule has 0 radical (unpaired) electrons. The summed E-state index contributed by atoms with van der Waals surface area (Å²) in [6, 6.07) is 3.49. The summed E-state index contributed by atoms with van der Waals surface area (Å²) in [5.74, 6) is 1.67. The van der Waals surface area contributed by atoms with Crippen LogP contribution >= 0.6 is 11.6 Å². The van der Waals surface area contributed by atoms with E-state index in [0.29, 0.717) is 23.5 Å². The number of furan rings is 1. The molecule has 2 aromatic rings. The summed E-state index contributed by atoms with van der Waals surface area (Å²) in [4.78, 5) is 11.6. The zero-order valence-electron chi connectivity index (χ0n) is 10.8. The predicted molar refractivity (Wildman–Crippen MR) is 74.2 cm³/mol. The Labute approximate surface area is 116 Å². The van der Waals surface area contributed by atoms with Crippen LogP contribution in [0.15, 0.2) is 16.5 Å². The highest BCUT2D eigenvalue weighted by Crippen LogP contribution is 2.39. The molecule has 3 nitrogen and oxygen atoms in total. The monoisotopic (exact) mass is 278 g/mol. The van der Waals surface area contributed by atoms with E-state index < -0.39 is 5.24 Å². The zero-order valence-corrected chi connectivity index (χ0v) is 11.5. The van der Waals surface area contributed by atoms with E-state index in [0.717, 1.165) is 42.4 Å². The van der Waals surface area contributed by atoms with Gasteiger partial charge in [-0.05, 0) is 49.9 Å². The van der Waals surface area contributed by atoms with Crippen molar-refractivity contribution in [1.29, 1.82) is 0 Å². The highest BCUT2D eigenvalue weighted by molar-refractivity contribution is 6.68. The van der Waals surface area contributed by atoms with Crippen molar-refractivity contribution in [3.8, 4) is 5.75 Å². The van der Waals surface area contributed by atoms with Gasteiger partial charge in [-0.2, -0.15) is 0 Å². The van der Waals surface area contributed by atoms with E-state index in [1.165, 1.54) is 0 Å². The number of fused-ring (bicyclic) bond motifs is 3. The second-order valence-corrected chi connectivity index (χ2v) is 5.08. The number of hydrogen-bond acceptors (Lipinski definition) is 3. The van der Waals surface area contributed by atoms with Gasteiger partial charge >= 0.3 is 0 Å². The quantitative estimate of drug-likeness (QED) is 0.794. The minimum Gasteiger partial charge on any atom is -0.490 e. The molecule has 0 amide bonds. The van der Waals surface area contributed by atoms with Gasteiger partial charge in [0.2, 0.25) is 0 Å². The van der Waals surface area contributed by atoms with Gasteiger partial charge in [0.25, 0.3) is 5.24 Å². The van der Waals surface area contributed by atoms with Gasteiger partial charge in [-0.25, -0.2) is 0 Å². The molecule has 1 aromatic heterocycles. The maximum absolute atomic E-state index is 11.6. The van der Waals surface area contributed by atoms with Crippen LogP contribution in [0.3, 0.4) is 0 Å². The number of halogens is 1. The molecule has 0 spiro atoms. The largest absolute Gasteiger partial charge is 0.490 e. The average molecular weight is 279 g/mol. The number of rotatable bonds is 3. The molecule has 1 aliphatic rings. The van der Waals surface area contributed by atoms with E-state index in [1.807, 2.05) is 6.92 Å². The summed E-state index contributed by atoms with van der Waals surface area (Å²) >= 11 is 5.69. The first-order chi connectivity index (χ1) is 9.22. The summed E-state index contributed by atoms with van der Waals surface area (Å²) in [6.45, 7) is 2.49. The van der Waals surface area contributed by atoms with E-state index in [9.17, 15) is 4.79 Å². The molecule has 0 saturated heterocycles. The molecule has 0 bridgehead atoms. The van der Waals surface area contributed by atoms with Gasteiger partial charge in [0.05, 0.1) is 6.61 Å². The third-order valence-corrected chi connectivity index (χ3v) is 3.78. The molecule has 0 fully saturated rings. The fraction of sp³-hybridized carbons (Fsp3) is 0.400. The smallest absolute Gasteiger partial charge is 0.253 e. The van der Waals surface area contributed by atoms with Crippen molar-refractivity contribution >= 4 is 27.8 Å². The standard InChI is InChI=1S/C15H15ClO3/c1-2-18-12-8-7-10(15(16)17)13-9-5-3-4-6-11(9)19-14(12)13/h7-8H,2-6H2,1H3. The van der Waals surface area contributed by atoms with Crippen LogP contribution in [-0.4, -0.2) is 11.8 Å². The molecule has 19 heavy (non-hydrogen) atoms. The Morgan fingerprint density at radius 3 is 2.89 bits per heavy atom. The summed E-state index contributed by atoms with van der Waals surface area (Å²) in [5, 5.41) is 0.405. The lowest BCUT2D eigenvalue weighted by Crippen LogP contribution is -2.01. The van der Waals surface area contributed by atoms with E-state index in [-0.39, 0.29) is 0 Å². The molecule has 0 N–H and O–H groups in total. The first kappa shape index (κ1) is 12.5. The molecule has 100 valence electrons. The normalized spacial score (nSPS) is 14.4. The molecule has 3 rings (SSSR count). The van der Waals surface area contributed by atoms with Crippen molar-refractivity contribution in [3.05, 3.63) is 29.0 Å². The molecule has 0 unspecified atom stereocenters. The van der Waals surface area contributed by atoms with Gasteiger partial charge in [0, 0.05) is 22.9 Å². The minimum absolute atomic E-state index is 0.442. The average Bonchev–Trinajstić information content (AvgIpc) is 2.79. The van der Waals surface area contributed by atoms with Crippen LogP contribution in [0.1, 0.15) is 41.4 Å². The number of aryl methyl sites for hydroxylation is 2. The predicted octanol–water partition coefficient (Wildman–Crippen LogP) is 4.09. The maximum atomic E-state index is 11.6. The SMILES string of the molecule is CCOc1ccc(C(=O)Cl)c2c3c(oc12)CCCC3. The molecule has 1 aliphatic carbocycles. The number of benzene rings is 1. The van der Waals surface area contributed by atoms with E-state index in [4.69, 9.17) is 20.8 Å². The Hall–Kier alpha value is -1.48. The third kappa shape index (κ3) is 2.02. The fourth-order valence-electron chi connectivity index (χ4n) is 2.78. The molecular formula is C15H15ClO3. The molecule has 4 heteroatoms. The zero-order chi connectivity index (χ0) is 13.4. The highest BCUT2D eigenvalue weighted by Gasteiger charge is 2.24. The molecule has 1 aromatic carbocycles. The van der Waals surface area contributed by atoms with Crippen LogP contribution < -0.4 is 4.74 Å². The van der Waals surface area contributed by atoms with Crippen LogP contribution in [-0.2, 0) is 12.8 Å². The molecule has 0 saturated carbocycles. The Balaban J connectivity index is 2.31. The van der Waals surface area contributed by atoms with E-state index >= 15 is 0 Å². The lowest BCUT2D eigenvalue weighted by atomic mass is 9.94. The first-order valence-electron chi connectivity index (χ1n) is 6.62. The maximum Gasteiger partial charge on any atom is 0.253 e. The van der Waals surface area contributed by atoms with Gasteiger partial charge in [-0.1, -0.05) is 0 Å². The van der Waals surface area contributed by atoms with Crippen LogP contribution in [0, 0.1) is 0 Å². The second-order valence-electron chi connectivity index (χ2n) is 4.73. The number of hydrogen-bond donors (Lipinski definition) is 0. The van der Waals surface area contributed by atoms with E-state index in [2.05, 4.69) is 0 Å². The fourth-order valence-corrected chi connectivity index (χ4v) is 2.93. The summed E-state index contributed by atoms with van der Waals surface area (Å²) < 4.78 is 11.5. The lowest BCUT2D eigenvalue weighted by molar-refractivity contribution is 0.108. The Morgan fingerprint density at radius 2 is 2.16 bits per heavy atom. The van der Waals surface area contributed by atoms with Gasteiger partial charge < -0.3 is 9.15 Å². The molecule has 1 heterocycles. The summed E-state index contributed by atoms with van der Waals surface area (Å²) in [5.41, 5.74) is 2.32. The molecular weight excluding hydrogens is 264 g/mol. The lowest BCUT2D eigenvalue weighted by Gasteiger charge is -2.09. The topological polar surface area (TPSA) is 39.4 Å². The van der Waals surface area contributed by atoms with Gasteiger partial charge in [-0.3, -0.25) is 4.79 Å². The molecule has 0 atom stereocenters. The number of carbonyl (C=O) groups excluding carboxylic acids is 1. The number of carbonyl (C=O) groups is 1. The van der Waals surface area contributed by atoms with Crippen LogP contribution in [0.5, 0.6) is 5.75 Å². The Bertz CT molecular complexity index is 642. The van der Waals surface area contributed by atoms with Gasteiger partial charge in [0.15, 0.2) is 11.3 Å². The van der Waals surface area contributed by atoms with Crippen molar-refractivity contribution in [2.75, 3.05) is 6.61 Å². The molecule has 0 aliphatic heterocycles. The number of ether oxygens (including phenoxy) is 1. The minimum atomic E-state index is -0.442. The second kappa shape index (κ2) is 4.89. The Kier molecular flexibility index (Phi) is 3.23. The van der Waals surface area contributed by atoms with Crippen molar-refractivity contribution < 1.29 is 13.9 Å². The summed E-state index contributed by atoms with van der Waals surface area (Å²) in [7, 11) is 0. The van der Waals surface area contributed by atoms with Crippen LogP contribution in [0.25, 0.3) is 11.0 Å². The van der Waals surface area contributed by atoms with Crippen molar-refractivity contribution in [2.24, 2.45) is 0 Å².